The molecule has 0 N–H and O–H groups in total. The fourth-order valence-electron chi connectivity index (χ4n) is 2.61. The minimum absolute atomic E-state index is 0.305. The van der Waals surface area contributed by atoms with Gasteiger partial charge in [0.15, 0.2) is 5.78 Å². The predicted octanol–water partition coefficient (Wildman–Crippen LogP) is 4.52. The van der Waals surface area contributed by atoms with E-state index in [0.717, 1.165) is 17.7 Å². The average molecular weight is 236 g/mol. The molecule has 88 valence electrons. The normalized spacial score (nSPS) is 18.4. The molecule has 0 amide bonds. The zero-order chi connectivity index (χ0) is 11.5. The zero-order valence-corrected chi connectivity index (χ0v) is 11.0. The number of rotatable bonds is 2. The van der Waals surface area contributed by atoms with Crippen LogP contribution in [-0.2, 0) is 0 Å². The first-order chi connectivity index (χ1) is 7.68. The van der Waals surface area contributed by atoms with Crippen molar-refractivity contribution in [2.24, 2.45) is 5.92 Å². The summed E-state index contributed by atoms with van der Waals surface area (Å²) in [5.41, 5.74) is 1.18. The molecule has 1 heterocycles. The van der Waals surface area contributed by atoms with Gasteiger partial charge in [0.1, 0.15) is 0 Å². The van der Waals surface area contributed by atoms with Crippen LogP contribution in [0.1, 0.15) is 58.6 Å². The SMILES string of the molecule is Cc1cc(C)c(C(=O)C2CCCCCC2)s1. The molecular weight excluding hydrogens is 216 g/mol. The summed E-state index contributed by atoms with van der Waals surface area (Å²) < 4.78 is 0. The molecule has 16 heavy (non-hydrogen) atoms. The molecule has 0 radical (unpaired) electrons. The van der Waals surface area contributed by atoms with E-state index in [1.807, 2.05) is 0 Å². The summed E-state index contributed by atoms with van der Waals surface area (Å²) in [4.78, 5) is 14.7. The number of carbonyl (C=O) groups excluding carboxylic acids is 1. The third-order valence-corrected chi connectivity index (χ3v) is 4.66. The first-order valence-corrected chi connectivity index (χ1v) is 7.11. The molecule has 1 aromatic rings. The van der Waals surface area contributed by atoms with Gasteiger partial charge in [0.2, 0.25) is 0 Å². The van der Waals surface area contributed by atoms with E-state index in [1.54, 1.807) is 11.3 Å². The molecule has 0 aliphatic heterocycles. The van der Waals surface area contributed by atoms with Gasteiger partial charge in [0.25, 0.3) is 0 Å². The average Bonchev–Trinajstić information content (AvgIpc) is 2.49. The first kappa shape index (κ1) is 11.8. The van der Waals surface area contributed by atoms with Crippen molar-refractivity contribution in [3.05, 3.63) is 21.4 Å². The van der Waals surface area contributed by atoms with Gasteiger partial charge in [-0.3, -0.25) is 4.79 Å². The lowest BCUT2D eigenvalue weighted by Crippen LogP contribution is -2.13. The van der Waals surface area contributed by atoms with E-state index in [9.17, 15) is 4.79 Å². The van der Waals surface area contributed by atoms with Gasteiger partial charge in [-0.25, -0.2) is 0 Å². The Morgan fingerprint density at radius 1 is 1.19 bits per heavy atom. The Morgan fingerprint density at radius 3 is 2.31 bits per heavy atom. The largest absolute Gasteiger partial charge is 0.293 e. The monoisotopic (exact) mass is 236 g/mol. The number of thiophene rings is 1. The molecule has 0 atom stereocenters. The molecule has 0 aromatic carbocycles. The number of hydrogen-bond donors (Lipinski definition) is 0. The van der Waals surface area contributed by atoms with Crippen molar-refractivity contribution in [3.63, 3.8) is 0 Å². The van der Waals surface area contributed by atoms with Crippen LogP contribution in [0, 0.1) is 19.8 Å². The molecule has 0 unspecified atom stereocenters. The summed E-state index contributed by atoms with van der Waals surface area (Å²) in [5.74, 6) is 0.719. The van der Waals surface area contributed by atoms with Gasteiger partial charge in [0.05, 0.1) is 4.88 Å². The Labute approximate surface area is 102 Å². The van der Waals surface area contributed by atoms with E-state index in [1.165, 1.54) is 36.1 Å². The van der Waals surface area contributed by atoms with Crippen molar-refractivity contribution in [1.29, 1.82) is 0 Å². The lowest BCUT2D eigenvalue weighted by molar-refractivity contribution is 0.0911. The number of hydrogen-bond acceptors (Lipinski definition) is 2. The number of carbonyl (C=O) groups is 1. The molecule has 0 spiro atoms. The van der Waals surface area contributed by atoms with E-state index in [4.69, 9.17) is 0 Å². The van der Waals surface area contributed by atoms with Gasteiger partial charge in [0, 0.05) is 10.8 Å². The van der Waals surface area contributed by atoms with Crippen LogP contribution in [0.5, 0.6) is 0 Å². The van der Waals surface area contributed by atoms with Crippen LogP contribution in [0.15, 0.2) is 6.07 Å². The van der Waals surface area contributed by atoms with Crippen molar-refractivity contribution in [2.45, 2.75) is 52.4 Å². The summed E-state index contributed by atoms with van der Waals surface area (Å²) in [6, 6.07) is 2.13. The number of Topliss-reactive ketones (excluding diaryl/α,β-unsaturated/α-hetero) is 1. The molecule has 0 saturated heterocycles. The van der Waals surface area contributed by atoms with E-state index >= 15 is 0 Å². The molecule has 1 aliphatic carbocycles. The highest BCUT2D eigenvalue weighted by Gasteiger charge is 2.23. The van der Waals surface area contributed by atoms with Crippen LogP contribution < -0.4 is 0 Å². The highest BCUT2D eigenvalue weighted by atomic mass is 32.1. The Morgan fingerprint density at radius 2 is 1.81 bits per heavy atom. The second-order valence-electron chi connectivity index (χ2n) is 4.92. The maximum Gasteiger partial charge on any atom is 0.176 e. The van der Waals surface area contributed by atoms with Gasteiger partial charge < -0.3 is 0 Å². The molecule has 1 saturated carbocycles. The van der Waals surface area contributed by atoms with Gasteiger partial charge in [-0.05, 0) is 38.3 Å². The summed E-state index contributed by atoms with van der Waals surface area (Å²) >= 11 is 1.67. The maximum atomic E-state index is 12.4. The van der Waals surface area contributed by atoms with Crippen LogP contribution in [0.4, 0.5) is 0 Å². The van der Waals surface area contributed by atoms with E-state index in [-0.39, 0.29) is 0 Å². The second-order valence-corrected chi connectivity index (χ2v) is 6.18. The standard InChI is InChI=1S/C14H20OS/c1-10-9-11(2)16-14(10)13(15)12-7-5-3-4-6-8-12/h9,12H,3-8H2,1-2H3. The Bertz CT molecular complexity index is 370. The fourth-order valence-corrected chi connectivity index (χ4v) is 3.66. The Kier molecular flexibility index (Phi) is 3.80. The summed E-state index contributed by atoms with van der Waals surface area (Å²) in [6.45, 7) is 4.15. The quantitative estimate of drug-likeness (QED) is 0.545. The van der Waals surface area contributed by atoms with Crippen molar-refractivity contribution in [1.82, 2.24) is 0 Å². The van der Waals surface area contributed by atoms with Crippen molar-refractivity contribution < 1.29 is 4.79 Å². The molecule has 0 bridgehead atoms. The van der Waals surface area contributed by atoms with Crippen LogP contribution in [-0.4, -0.2) is 5.78 Å². The van der Waals surface area contributed by atoms with E-state index in [2.05, 4.69) is 19.9 Å². The first-order valence-electron chi connectivity index (χ1n) is 6.29. The predicted molar refractivity (Wildman–Crippen MR) is 69.3 cm³/mol. The van der Waals surface area contributed by atoms with Crippen molar-refractivity contribution in [2.75, 3.05) is 0 Å². The minimum atomic E-state index is 0.305. The number of aryl methyl sites for hydroxylation is 2. The topological polar surface area (TPSA) is 17.1 Å². The van der Waals surface area contributed by atoms with Crippen molar-refractivity contribution in [3.8, 4) is 0 Å². The summed E-state index contributed by atoms with van der Waals surface area (Å²) in [7, 11) is 0. The van der Waals surface area contributed by atoms with Gasteiger partial charge >= 0.3 is 0 Å². The van der Waals surface area contributed by atoms with E-state index in [0.29, 0.717) is 11.7 Å². The lowest BCUT2D eigenvalue weighted by Gasteiger charge is -2.11. The van der Waals surface area contributed by atoms with Gasteiger partial charge in [-0.1, -0.05) is 25.7 Å². The highest BCUT2D eigenvalue weighted by molar-refractivity contribution is 7.14. The maximum absolute atomic E-state index is 12.4. The Hall–Kier alpha value is -0.630. The molecule has 2 heteroatoms. The highest BCUT2D eigenvalue weighted by Crippen LogP contribution is 2.30. The Balaban J connectivity index is 2.14. The van der Waals surface area contributed by atoms with E-state index < -0.39 is 0 Å². The van der Waals surface area contributed by atoms with Crippen LogP contribution in [0.2, 0.25) is 0 Å². The number of ketones is 1. The third kappa shape index (κ3) is 2.54. The smallest absolute Gasteiger partial charge is 0.176 e. The summed E-state index contributed by atoms with van der Waals surface area (Å²) in [6.07, 6.45) is 7.31. The summed E-state index contributed by atoms with van der Waals surface area (Å²) in [5, 5.41) is 0. The molecule has 1 aromatic heterocycles. The van der Waals surface area contributed by atoms with Crippen molar-refractivity contribution >= 4 is 17.1 Å². The minimum Gasteiger partial charge on any atom is -0.293 e. The molecular formula is C14H20OS. The van der Waals surface area contributed by atoms with Crippen LogP contribution in [0.25, 0.3) is 0 Å². The van der Waals surface area contributed by atoms with Gasteiger partial charge in [-0.2, -0.15) is 0 Å². The molecule has 1 aliphatic rings. The van der Waals surface area contributed by atoms with Crippen LogP contribution in [0.3, 0.4) is 0 Å². The third-order valence-electron chi connectivity index (χ3n) is 3.49. The second kappa shape index (κ2) is 5.13. The lowest BCUT2D eigenvalue weighted by atomic mass is 9.93. The van der Waals surface area contributed by atoms with Gasteiger partial charge in [-0.15, -0.1) is 11.3 Å². The van der Waals surface area contributed by atoms with Crippen LogP contribution >= 0.6 is 11.3 Å². The molecule has 2 rings (SSSR count). The molecule has 1 nitrogen and oxygen atoms in total. The zero-order valence-electron chi connectivity index (χ0n) is 10.2. The fraction of sp³-hybridized carbons (Fsp3) is 0.643. The molecule has 1 fully saturated rings.